The highest BCUT2D eigenvalue weighted by molar-refractivity contribution is 5.72. The zero-order chi connectivity index (χ0) is 13.2. The van der Waals surface area contributed by atoms with Crippen molar-refractivity contribution in [3.05, 3.63) is 59.7 Å². The van der Waals surface area contributed by atoms with Crippen molar-refractivity contribution in [1.82, 2.24) is 0 Å². The van der Waals surface area contributed by atoms with Crippen molar-refractivity contribution in [2.75, 3.05) is 11.4 Å². The van der Waals surface area contributed by atoms with Gasteiger partial charge in [-0.3, -0.25) is 0 Å². The first-order chi connectivity index (χ1) is 9.31. The van der Waals surface area contributed by atoms with Gasteiger partial charge in [-0.25, -0.2) is 0 Å². The van der Waals surface area contributed by atoms with Crippen molar-refractivity contribution < 1.29 is 5.11 Å². The van der Waals surface area contributed by atoms with Crippen LogP contribution in [0.2, 0.25) is 0 Å². The van der Waals surface area contributed by atoms with Crippen molar-refractivity contribution in [3.8, 4) is 0 Å². The number of aliphatic hydroxyl groups is 1. The minimum absolute atomic E-state index is 0.385. The number of hydrogen-bond acceptors (Lipinski definition) is 2. The molecule has 2 aromatic rings. The Labute approximate surface area is 114 Å². The minimum Gasteiger partial charge on any atom is -0.388 e. The van der Waals surface area contributed by atoms with E-state index in [0.717, 1.165) is 30.6 Å². The summed E-state index contributed by atoms with van der Waals surface area (Å²) in [5.41, 5.74) is 4.84. The number of fused-ring (bicyclic) bond motifs is 1. The van der Waals surface area contributed by atoms with Gasteiger partial charge in [0.1, 0.15) is 0 Å². The molecule has 0 fully saturated rings. The van der Waals surface area contributed by atoms with E-state index in [1.165, 1.54) is 11.3 Å². The molecule has 0 spiro atoms. The molecule has 0 saturated carbocycles. The van der Waals surface area contributed by atoms with Crippen LogP contribution in [0.1, 0.15) is 30.6 Å². The third-order valence-corrected chi connectivity index (χ3v) is 3.86. The Morgan fingerprint density at radius 2 is 1.74 bits per heavy atom. The molecule has 0 aromatic heterocycles. The van der Waals surface area contributed by atoms with Crippen LogP contribution in [0.4, 0.5) is 11.4 Å². The SMILES string of the molecule is CC[C@@H](O)c1ccccc1N1CCc2ccccc21. The molecule has 1 atom stereocenters. The quantitative estimate of drug-likeness (QED) is 0.898. The minimum atomic E-state index is -0.385. The summed E-state index contributed by atoms with van der Waals surface area (Å²) in [4.78, 5) is 2.32. The number of rotatable bonds is 3. The second-order valence-electron chi connectivity index (χ2n) is 5.01. The van der Waals surface area contributed by atoms with E-state index in [9.17, 15) is 5.11 Å². The summed E-state index contributed by atoms with van der Waals surface area (Å²) in [6.45, 7) is 3.01. The second-order valence-corrected chi connectivity index (χ2v) is 5.01. The normalized spacial score (nSPS) is 15.4. The van der Waals surface area contributed by atoms with Gasteiger partial charge in [-0.05, 0) is 30.5 Å². The first-order valence-corrected chi connectivity index (χ1v) is 6.93. The van der Waals surface area contributed by atoms with Crippen molar-refractivity contribution >= 4 is 11.4 Å². The Morgan fingerprint density at radius 3 is 2.53 bits per heavy atom. The largest absolute Gasteiger partial charge is 0.388 e. The van der Waals surface area contributed by atoms with E-state index in [2.05, 4.69) is 35.2 Å². The van der Waals surface area contributed by atoms with Crippen LogP contribution >= 0.6 is 0 Å². The zero-order valence-corrected chi connectivity index (χ0v) is 11.2. The van der Waals surface area contributed by atoms with Gasteiger partial charge in [0, 0.05) is 23.5 Å². The molecule has 2 nitrogen and oxygen atoms in total. The summed E-state index contributed by atoms with van der Waals surface area (Å²) in [6, 6.07) is 16.7. The highest BCUT2D eigenvalue weighted by atomic mass is 16.3. The smallest absolute Gasteiger partial charge is 0.0807 e. The number of hydrogen-bond donors (Lipinski definition) is 1. The van der Waals surface area contributed by atoms with E-state index in [4.69, 9.17) is 0 Å². The lowest BCUT2D eigenvalue weighted by molar-refractivity contribution is 0.174. The van der Waals surface area contributed by atoms with Crippen LogP contribution in [0, 0.1) is 0 Å². The molecule has 0 saturated heterocycles. The first kappa shape index (κ1) is 12.2. The van der Waals surface area contributed by atoms with E-state index < -0.39 is 0 Å². The number of aliphatic hydroxyl groups excluding tert-OH is 1. The maximum absolute atomic E-state index is 10.2. The van der Waals surface area contributed by atoms with Crippen molar-refractivity contribution in [2.45, 2.75) is 25.9 Å². The fourth-order valence-electron chi connectivity index (χ4n) is 2.82. The summed E-state index contributed by atoms with van der Waals surface area (Å²) in [7, 11) is 0. The lowest BCUT2D eigenvalue weighted by Crippen LogP contribution is -2.16. The van der Waals surface area contributed by atoms with E-state index in [-0.39, 0.29) is 6.10 Å². The predicted molar refractivity (Wildman–Crippen MR) is 78.8 cm³/mol. The van der Waals surface area contributed by atoms with Gasteiger partial charge in [0.25, 0.3) is 0 Å². The fourth-order valence-corrected chi connectivity index (χ4v) is 2.82. The highest BCUT2D eigenvalue weighted by Crippen LogP contribution is 2.38. The van der Waals surface area contributed by atoms with E-state index in [1.807, 2.05) is 25.1 Å². The lowest BCUT2D eigenvalue weighted by Gasteiger charge is -2.24. The van der Waals surface area contributed by atoms with Gasteiger partial charge < -0.3 is 10.0 Å². The molecule has 0 aliphatic carbocycles. The van der Waals surface area contributed by atoms with Crippen LogP contribution in [0.5, 0.6) is 0 Å². The highest BCUT2D eigenvalue weighted by Gasteiger charge is 2.23. The van der Waals surface area contributed by atoms with E-state index in [1.54, 1.807) is 0 Å². The number of nitrogens with zero attached hydrogens (tertiary/aromatic N) is 1. The van der Waals surface area contributed by atoms with Crippen molar-refractivity contribution in [2.24, 2.45) is 0 Å². The summed E-state index contributed by atoms with van der Waals surface area (Å²) >= 11 is 0. The van der Waals surface area contributed by atoms with Gasteiger partial charge in [0.05, 0.1) is 6.10 Å². The topological polar surface area (TPSA) is 23.5 Å². The maximum Gasteiger partial charge on any atom is 0.0807 e. The molecular weight excluding hydrogens is 234 g/mol. The zero-order valence-electron chi connectivity index (χ0n) is 11.2. The molecule has 98 valence electrons. The van der Waals surface area contributed by atoms with E-state index in [0.29, 0.717) is 0 Å². The van der Waals surface area contributed by atoms with Gasteiger partial charge in [-0.1, -0.05) is 43.3 Å². The average molecular weight is 253 g/mol. The molecule has 1 aliphatic rings. The Bertz CT molecular complexity index is 579. The summed E-state index contributed by atoms with van der Waals surface area (Å²) < 4.78 is 0. The van der Waals surface area contributed by atoms with Crippen LogP contribution in [0.25, 0.3) is 0 Å². The molecule has 0 radical (unpaired) electrons. The third-order valence-electron chi connectivity index (χ3n) is 3.86. The van der Waals surface area contributed by atoms with Gasteiger partial charge in [-0.15, -0.1) is 0 Å². The maximum atomic E-state index is 10.2. The molecule has 19 heavy (non-hydrogen) atoms. The van der Waals surface area contributed by atoms with Gasteiger partial charge in [0.15, 0.2) is 0 Å². The lowest BCUT2D eigenvalue weighted by atomic mass is 10.0. The average Bonchev–Trinajstić information content (AvgIpc) is 2.90. The Balaban J connectivity index is 2.05. The van der Waals surface area contributed by atoms with Crippen LogP contribution in [-0.2, 0) is 6.42 Å². The van der Waals surface area contributed by atoms with Crippen LogP contribution in [0.15, 0.2) is 48.5 Å². The molecule has 1 heterocycles. The molecule has 0 unspecified atom stereocenters. The summed E-state index contributed by atoms with van der Waals surface area (Å²) in [5.74, 6) is 0. The van der Waals surface area contributed by atoms with E-state index >= 15 is 0 Å². The van der Waals surface area contributed by atoms with Crippen molar-refractivity contribution in [1.29, 1.82) is 0 Å². The van der Waals surface area contributed by atoms with Crippen LogP contribution in [-0.4, -0.2) is 11.7 Å². The summed E-state index contributed by atoms with van der Waals surface area (Å²) in [6.07, 6.45) is 1.43. The molecular formula is C17H19NO. The monoisotopic (exact) mass is 253 g/mol. The molecule has 1 aliphatic heterocycles. The summed E-state index contributed by atoms with van der Waals surface area (Å²) in [5, 5.41) is 10.2. The molecule has 1 N–H and O–H groups in total. The number of para-hydroxylation sites is 2. The third kappa shape index (κ3) is 2.13. The van der Waals surface area contributed by atoms with Gasteiger partial charge in [-0.2, -0.15) is 0 Å². The predicted octanol–water partition coefficient (Wildman–Crippen LogP) is 3.82. The molecule has 0 amide bonds. The standard InChI is InChI=1S/C17H19NO/c1-2-17(19)14-8-4-6-10-16(14)18-12-11-13-7-3-5-9-15(13)18/h3-10,17,19H,2,11-12H2,1H3/t17-/m1/s1. The fraction of sp³-hybridized carbons (Fsp3) is 0.294. The van der Waals surface area contributed by atoms with Gasteiger partial charge >= 0.3 is 0 Å². The molecule has 3 rings (SSSR count). The van der Waals surface area contributed by atoms with Gasteiger partial charge in [0.2, 0.25) is 0 Å². The second kappa shape index (κ2) is 5.06. The number of benzene rings is 2. The first-order valence-electron chi connectivity index (χ1n) is 6.93. The molecule has 2 aromatic carbocycles. The Morgan fingerprint density at radius 1 is 1.05 bits per heavy atom. The Hall–Kier alpha value is -1.80. The van der Waals surface area contributed by atoms with Crippen molar-refractivity contribution in [3.63, 3.8) is 0 Å². The Kier molecular flexibility index (Phi) is 3.26. The molecule has 2 heteroatoms. The number of anilines is 2. The van der Waals surface area contributed by atoms with Crippen LogP contribution < -0.4 is 4.90 Å². The molecule has 0 bridgehead atoms. The van der Waals surface area contributed by atoms with Crippen LogP contribution in [0.3, 0.4) is 0 Å².